The molecule has 0 unspecified atom stereocenters. The summed E-state index contributed by atoms with van der Waals surface area (Å²) in [5.74, 6) is 1.59. The van der Waals surface area contributed by atoms with Crippen molar-refractivity contribution in [1.82, 2.24) is 30.3 Å². The largest absolute Gasteiger partial charge is 0.344 e. The molecule has 1 aromatic carbocycles. The Bertz CT molecular complexity index is 791. The van der Waals surface area contributed by atoms with E-state index in [1.807, 2.05) is 46.1 Å². The molecule has 0 amide bonds. The average molecular weight is 331 g/mol. The van der Waals surface area contributed by atoms with Crippen molar-refractivity contribution in [3.05, 3.63) is 35.2 Å². The lowest BCUT2D eigenvalue weighted by Gasteiger charge is -2.09. The highest BCUT2D eigenvalue weighted by Crippen LogP contribution is 2.25. The molecule has 0 saturated carbocycles. The van der Waals surface area contributed by atoms with Crippen LogP contribution in [0.1, 0.15) is 17.0 Å². The lowest BCUT2D eigenvalue weighted by molar-refractivity contribution is 0.390. The Kier molecular flexibility index (Phi) is 4.28. The summed E-state index contributed by atoms with van der Waals surface area (Å²) in [6.07, 6.45) is 0. The van der Waals surface area contributed by atoms with Gasteiger partial charge in [-0.3, -0.25) is 0 Å². The molecule has 0 saturated heterocycles. The van der Waals surface area contributed by atoms with E-state index < -0.39 is 0 Å². The lowest BCUT2D eigenvalue weighted by Crippen LogP contribution is -2.10. The van der Waals surface area contributed by atoms with Gasteiger partial charge in [0.25, 0.3) is 5.95 Å². The van der Waals surface area contributed by atoms with Crippen molar-refractivity contribution in [2.45, 2.75) is 24.8 Å². The summed E-state index contributed by atoms with van der Waals surface area (Å²) in [7, 11) is 3.73. The number of para-hydroxylation sites is 1. The maximum Gasteiger partial charge on any atom is 0.265 e. The highest BCUT2D eigenvalue weighted by atomic mass is 32.2. The van der Waals surface area contributed by atoms with Crippen molar-refractivity contribution in [1.29, 1.82) is 0 Å². The van der Waals surface area contributed by atoms with Gasteiger partial charge in [0.05, 0.1) is 11.4 Å². The fourth-order valence-electron chi connectivity index (χ4n) is 2.16. The second-order valence-electron chi connectivity index (χ2n) is 5.28. The van der Waals surface area contributed by atoms with Crippen LogP contribution in [0.2, 0.25) is 0 Å². The van der Waals surface area contributed by atoms with Crippen LogP contribution in [0.3, 0.4) is 0 Å². The monoisotopic (exact) mass is 331 g/mol. The summed E-state index contributed by atoms with van der Waals surface area (Å²) in [6, 6.07) is 6.10. The van der Waals surface area contributed by atoms with Crippen molar-refractivity contribution in [2.24, 2.45) is 0 Å². The molecule has 0 aliphatic rings. The molecular weight excluding hydrogens is 314 g/mol. The molecule has 0 aliphatic heterocycles. The van der Waals surface area contributed by atoms with Crippen LogP contribution in [0.25, 0.3) is 5.69 Å². The van der Waals surface area contributed by atoms with Crippen molar-refractivity contribution in [2.75, 3.05) is 19.0 Å². The molecule has 2 heterocycles. The van der Waals surface area contributed by atoms with Crippen molar-refractivity contribution >= 4 is 17.7 Å². The van der Waals surface area contributed by atoms with E-state index in [9.17, 15) is 0 Å². The molecule has 23 heavy (non-hydrogen) atoms. The summed E-state index contributed by atoms with van der Waals surface area (Å²) in [6.45, 7) is 4.08. The zero-order chi connectivity index (χ0) is 16.4. The van der Waals surface area contributed by atoms with E-state index in [0.717, 1.165) is 16.8 Å². The van der Waals surface area contributed by atoms with Crippen LogP contribution in [-0.2, 0) is 5.75 Å². The van der Waals surface area contributed by atoms with Crippen molar-refractivity contribution in [3.63, 3.8) is 0 Å². The van der Waals surface area contributed by atoms with E-state index in [2.05, 4.69) is 25.7 Å². The van der Waals surface area contributed by atoms with Crippen LogP contribution in [0, 0.1) is 13.8 Å². The average Bonchev–Trinajstić information content (AvgIpc) is 3.14. The number of aromatic nitrogens is 6. The molecule has 0 bridgehead atoms. The number of hydrogen-bond donors (Lipinski definition) is 0. The number of rotatable bonds is 5. The zero-order valence-corrected chi connectivity index (χ0v) is 14.2. The number of nitrogens with zero attached hydrogens (tertiary/aromatic N) is 7. The van der Waals surface area contributed by atoms with Gasteiger partial charge in [0.15, 0.2) is 0 Å². The first-order valence-corrected chi connectivity index (χ1v) is 8.02. The predicted molar refractivity (Wildman–Crippen MR) is 86.8 cm³/mol. The number of hydrogen-bond acceptors (Lipinski definition) is 8. The third kappa shape index (κ3) is 3.19. The summed E-state index contributed by atoms with van der Waals surface area (Å²) in [4.78, 5) is 6.09. The van der Waals surface area contributed by atoms with Gasteiger partial charge in [0.2, 0.25) is 11.0 Å². The Hall–Kier alpha value is -2.42. The normalized spacial score (nSPS) is 11.0. The van der Waals surface area contributed by atoms with Gasteiger partial charge in [-0.1, -0.05) is 30.0 Å². The molecule has 0 fully saturated rings. The number of tetrazole rings is 1. The smallest absolute Gasteiger partial charge is 0.265 e. The molecule has 0 atom stereocenters. The Labute approximate surface area is 137 Å². The fraction of sp³-hybridized carbons (Fsp3) is 0.357. The minimum atomic E-state index is 0.506. The quantitative estimate of drug-likeness (QED) is 0.656. The van der Waals surface area contributed by atoms with E-state index in [-0.39, 0.29) is 0 Å². The minimum Gasteiger partial charge on any atom is -0.344 e. The summed E-state index contributed by atoms with van der Waals surface area (Å²) < 4.78 is 6.96. The first-order chi connectivity index (χ1) is 11.1. The van der Waals surface area contributed by atoms with Crippen LogP contribution in [0.5, 0.6) is 0 Å². The third-order valence-electron chi connectivity index (χ3n) is 3.27. The molecule has 3 aromatic rings. The number of benzene rings is 1. The molecule has 0 N–H and O–H groups in total. The zero-order valence-electron chi connectivity index (χ0n) is 13.4. The van der Waals surface area contributed by atoms with Crippen LogP contribution in [0.4, 0.5) is 5.95 Å². The molecule has 9 heteroatoms. The van der Waals surface area contributed by atoms with Gasteiger partial charge in [0, 0.05) is 14.1 Å². The Balaban J connectivity index is 1.81. The number of anilines is 1. The Morgan fingerprint density at radius 3 is 2.61 bits per heavy atom. The molecule has 3 rings (SSSR count). The molecule has 0 radical (unpaired) electrons. The molecule has 0 spiro atoms. The van der Waals surface area contributed by atoms with Crippen LogP contribution in [-0.4, -0.2) is 44.4 Å². The topological polar surface area (TPSA) is 85.8 Å². The van der Waals surface area contributed by atoms with Crippen LogP contribution >= 0.6 is 11.8 Å². The standard InChI is InChI=1S/C14H17N7OS/c1-9-6-5-7-10(2)12(9)21-14(16-18-19-21)23-8-11-15-13(17-22-11)20(3)4/h5-7H,8H2,1-4H3. The molecule has 8 nitrogen and oxygen atoms in total. The molecule has 2 aromatic heterocycles. The maximum absolute atomic E-state index is 5.22. The highest BCUT2D eigenvalue weighted by Gasteiger charge is 2.15. The maximum atomic E-state index is 5.22. The SMILES string of the molecule is Cc1cccc(C)c1-n1nnnc1SCc1nc(N(C)C)no1. The van der Waals surface area contributed by atoms with E-state index in [4.69, 9.17) is 4.52 Å². The lowest BCUT2D eigenvalue weighted by atomic mass is 10.1. The number of thioether (sulfide) groups is 1. The first-order valence-electron chi connectivity index (χ1n) is 7.04. The summed E-state index contributed by atoms with van der Waals surface area (Å²) >= 11 is 1.46. The number of aryl methyl sites for hydroxylation is 2. The Morgan fingerprint density at radius 2 is 1.96 bits per heavy atom. The van der Waals surface area contributed by atoms with Gasteiger partial charge in [-0.15, -0.1) is 5.10 Å². The van der Waals surface area contributed by atoms with E-state index in [0.29, 0.717) is 22.7 Å². The molecule has 0 aliphatic carbocycles. The van der Waals surface area contributed by atoms with Crippen LogP contribution < -0.4 is 4.90 Å². The van der Waals surface area contributed by atoms with Crippen molar-refractivity contribution < 1.29 is 4.52 Å². The van der Waals surface area contributed by atoms with Gasteiger partial charge < -0.3 is 9.42 Å². The fourth-order valence-corrected chi connectivity index (χ4v) is 2.88. The second kappa shape index (κ2) is 6.37. The minimum absolute atomic E-state index is 0.506. The van der Waals surface area contributed by atoms with Gasteiger partial charge in [-0.25, -0.2) is 0 Å². The van der Waals surface area contributed by atoms with Crippen LogP contribution in [0.15, 0.2) is 27.9 Å². The van der Waals surface area contributed by atoms with E-state index >= 15 is 0 Å². The Morgan fingerprint density at radius 1 is 1.22 bits per heavy atom. The summed E-state index contributed by atoms with van der Waals surface area (Å²) in [5.41, 5.74) is 3.23. The highest BCUT2D eigenvalue weighted by molar-refractivity contribution is 7.98. The van der Waals surface area contributed by atoms with E-state index in [1.54, 1.807) is 9.58 Å². The predicted octanol–water partition coefficient (Wildman–Crippen LogP) is 2.02. The van der Waals surface area contributed by atoms with Gasteiger partial charge in [0.1, 0.15) is 0 Å². The second-order valence-corrected chi connectivity index (χ2v) is 6.23. The molecule has 120 valence electrons. The first kappa shape index (κ1) is 15.5. The van der Waals surface area contributed by atoms with Crippen molar-refractivity contribution in [3.8, 4) is 5.69 Å². The third-order valence-corrected chi connectivity index (χ3v) is 4.18. The molecular formula is C14H17N7OS. The summed E-state index contributed by atoms with van der Waals surface area (Å²) in [5, 5.41) is 16.6. The van der Waals surface area contributed by atoms with Gasteiger partial charge in [-0.05, 0) is 40.6 Å². The van der Waals surface area contributed by atoms with Gasteiger partial charge >= 0.3 is 0 Å². The van der Waals surface area contributed by atoms with E-state index in [1.165, 1.54) is 11.8 Å². The van der Waals surface area contributed by atoms with Gasteiger partial charge in [-0.2, -0.15) is 9.67 Å².